The Morgan fingerprint density at radius 1 is 1.62 bits per heavy atom. The van der Waals surface area contributed by atoms with Gasteiger partial charge in [-0.3, -0.25) is 9.88 Å². The highest BCUT2D eigenvalue weighted by atomic mass is 32.1. The molecule has 0 amide bonds. The van der Waals surface area contributed by atoms with Crippen LogP contribution in [-0.2, 0) is 6.54 Å². The van der Waals surface area contributed by atoms with Crippen LogP contribution in [0, 0.1) is 12.8 Å². The largest absolute Gasteiger partial charge is 0.393 e. The van der Waals surface area contributed by atoms with E-state index in [4.69, 9.17) is 18.0 Å². The number of aryl methyl sites for hydroxylation is 1. The van der Waals surface area contributed by atoms with Crippen molar-refractivity contribution in [3.05, 3.63) is 29.6 Å². The Balaban J connectivity index is 2.55. The molecule has 2 N–H and O–H groups in total. The van der Waals surface area contributed by atoms with Crippen LogP contribution in [-0.4, -0.2) is 28.5 Å². The third-order valence-electron chi connectivity index (χ3n) is 2.61. The van der Waals surface area contributed by atoms with E-state index >= 15 is 0 Å². The number of thiocarbonyl (C=S) groups is 1. The first kappa shape index (κ1) is 13.1. The van der Waals surface area contributed by atoms with Crippen LogP contribution in [0.2, 0.25) is 0 Å². The van der Waals surface area contributed by atoms with Gasteiger partial charge in [0.15, 0.2) is 0 Å². The van der Waals surface area contributed by atoms with Gasteiger partial charge in [0.1, 0.15) is 0 Å². The highest BCUT2D eigenvalue weighted by Crippen LogP contribution is 2.07. The third kappa shape index (κ3) is 3.87. The fraction of sp³-hybridized carbons (Fsp3) is 0.500. The summed E-state index contributed by atoms with van der Waals surface area (Å²) in [6, 6.07) is 4.03. The Bertz CT molecular complexity index is 365. The van der Waals surface area contributed by atoms with Gasteiger partial charge >= 0.3 is 0 Å². The second-order valence-electron chi connectivity index (χ2n) is 4.27. The van der Waals surface area contributed by atoms with Crippen LogP contribution in [0.5, 0.6) is 0 Å². The zero-order valence-corrected chi connectivity index (χ0v) is 10.9. The molecule has 0 fully saturated rings. The molecule has 1 atom stereocenters. The maximum atomic E-state index is 5.60. The predicted octanol–water partition coefficient (Wildman–Crippen LogP) is 1.74. The molecule has 0 aliphatic heterocycles. The Morgan fingerprint density at radius 3 is 2.88 bits per heavy atom. The lowest BCUT2D eigenvalue weighted by Crippen LogP contribution is -2.31. The Morgan fingerprint density at radius 2 is 2.31 bits per heavy atom. The Labute approximate surface area is 103 Å². The molecular weight excluding hydrogens is 218 g/mol. The lowest BCUT2D eigenvalue weighted by molar-refractivity contribution is 0.303. The van der Waals surface area contributed by atoms with Crippen LogP contribution in [0.25, 0.3) is 0 Å². The van der Waals surface area contributed by atoms with Crippen molar-refractivity contribution in [2.75, 3.05) is 13.6 Å². The van der Waals surface area contributed by atoms with Gasteiger partial charge in [-0.1, -0.05) is 25.2 Å². The molecule has 0 aliphatic rings. The first-order valence-electron chi connectivity index (χ1n) is 5.39. The van der Waals surface area contributed by atoms with Crippen molar-refractivity contribution in [1.29, 1.82) is 0 Å². The van der Waals surface area contributed by atoms with Crippen molar-refractivity contribution in [3.8, 4) is 0 Å². The molecule has 1 aromatic heterocycles. The van der Waals surface area contributed by atoms with Gasteiger partial charge in [0, 0.05) is 25.2 Å². The van der Waals surface area contributed by atoms with Gasteiger partial charge in [0.2, 0.25) is 0 Å². The van der Waals surface area contributed by atoms with Crippen molar-refractivity contribution in [2.24, 2.45) is 11.7 Å². The summed E-state index contributed by atoms with van der Waals surface area (Å²) in [5.74, 6) is 0.240. The molecule has 1 unspecified atom stereocenters. The van der Waals surface area contributed by atoms with E-state index in [1.807, 2.05) is 19.2 Å². The molecule has 0 aromatic carbocycles. The molecule has 4 heteroatoms. The van der Waals surface area contributed by atoms with E-state index < -0.39 is 0 Å². The highest BCUT2D eigenvalue weighted by molar-refractivity contribution is 7.80. The zero-order chi connectivity index (χ0) is 12.1. The molecule has 1 heterocycles. The average Bonchev–Trinajstić information content (AvgIpc) is 2.21. The monoisotopic (exact) mass is 237 g/mol. The molecule has 3 nitrogen and oxygen atoms in total. The van der Waals surface area contributed by atoms with E-state index in [1.165, 1.54) is 5.56 Å². The van der Waals surface area contributed by atoms with Crippen LogP contribution in [0.4, 0.5) is 0 Å². The van der Waals surface area contributed by atoms with Crippen LogP contribution < -0.4 is 5.73 Å². The fourth-order valence-corrected chi connectivity index (χ4v) is 1.64. The molecule has 16 heavy (non-hydrogen) atoms. The SMILES string of the molecule is Cc1cccnc1CN(C)CC(C)C(N)=S. The Kier molecular flexibility index (Phi) is 4.83. The lowest BCUT2D eigenvalue weighted by atomic mass is 10.1. The second kappa shape index (κ2) is 5.92. The van der Waals surface area contributed by atoms with Gasteiger partial charge in [-0.25, -0.2) is 0 Å². The minimum atomic E-state index is 0.240. The molecule has 88 valence electrons. The summed E-state index contributed by atoms with van der Waals surface area (Å²) in [5, 5.41) is 0. The van der Waals surface area contributed by atoms with Crippen LogP contribution >= 0.6 is 12.2 Å². The van der Waals surface area contributed by atoms with Crippen molar-refractivity contribution in [3.63, 3.8) is 0 Å². The predicted molar refractivity (Wildman–Crippen MR) is 71.3 cm³/mol. The number of aromatic nitrogens is 1. The first-order valence-corrected chi connectivity index (χ1v) is 5.80. The van der Waals surface area contributed by atoms with Gasteiger partial charge < -0.3 is 5.73 Å². The Hall–Kier alpha value is -1.00. The number of rotatable bonds is 5. The number of nitrogens with zero attached hydrogens (tertiary/aromatic N) is 2. The molecule has 0 spiro atoms. The molecule has 0 aliphatic carbocycles. The summed E-state index contributed by atoms with van der Waals surface area (Å²) < 4.78 is 0. The number of nitrogens with two attached hydrogens (primary N) is 1. The molecule has 0 radical (unpaired) electrons. The molecular formula is C12H19N3S. The number of hydrogen-bond donors (Lipinski definition) is 1. The fourth-order valence-electron chi connectivity index (χ4n) is 1.56. The maximum Gasteiger partial charge on any atom is 0.0768 e. The average molecular weight is 237 g/mol. The third-order valence-corrected chi connectivity index (χ3v) is 3.01. The van der Waals surface area contributed by atoms with E-state index in [0.717, 1.165) is 18.8 Å². The molecule has 1 aromatic rings. The van der Waals surface area contributed by atoms with E-state index in [-0.39, 0.29) is 5.92 Å². The first-order chi connectivity index (χ1) is 7.50. The minimum absolute atomic E-state index is 0.240. The summed E-state index contributed by atoms with van der Waals surface area (Å²) in [6.45, 7) is 5.82. The van der Waals surface area contributed by atoms with Gasteiger partial charge in [-0.15, -0.1) is 0 Å². The van der Waals surface area contributed by atoms with Crippen molar-refractivity contribution >= 4 is 17.2 Å². The smallest absolute Gasteiger partial charge is 0.0768 e. The highest BCUT2D eigenvalue weighted by Gasteiger charge is 2.10. The summed E-state index contributed by atoms with van der Waals surface area (Å²) in [4.78, 5) is 7.13. The van der Waals surface area contributed by atoms with Crippen molar-refractivity contribution in [1.82, 2.24) is 9.88 Å². The normalized spacial score (nSPS) is 12.8. The van der Waals surface area contributed by atoms with Crippen molar-refractivity contribution < 1.29 is 0 Å². The van der Waals surface area contributed by atoms with Crippen LogP contribution in [0.3, 0.4) is 0 Å². The van der Waals surface area contributed by atoms with E-state index in [2.05, 4.69) is 29.9 Å². The van der Waals surface area contributed by atoms with Gasteiger partial charge in [-0.05, 0) is 25.6 Å². The van der Waals surface area contributed by atoms with Crippen molar-refractivity contribution in [2.45, 2.75) is 20.4 Å². The summed E-state index contributed by atoms with van der Waals surface area (Å²) >= 11 is 4.96. The van der Waals surface area contributed by atoms with Gasteiger partial charge in [0.25, 0.3) is 0 Å². The lowest BCUT2D eigenvalue weighted by Gasteiger charge is -2.20. The maximum absolute atomic E-state index is 5.60. The molecule has 1 rings (SSSR count). The van der Waals surface area contributed by atoms with E-state index in [9.17, 15) is 0 Å². The quantitative estimate of drug-likeness (QED) is 0.792. The standard InChI is InChI=1S/C12H19N3S/c1-9-5-4-6-14-11(9)8-15(3)7-10(2)12(13)16/h4-6,10H,7-8H2,1-3H3,(H2,13,16). The summed E-state index contributed by atoms with van der Waals surface area (Å²) in [7, 11) is 2.06. The number of pyridine rings is 1. The van der Waals surface area contributed by atoms with Gasteiger partial charge in [-0.2, -0.15) is 0 Å². The van der Waals surface area contributed by atoms with Crippen LogP contribution in [0.1, 0.15) is 18.2 Å². The van der Waals surface area contributed by atoms with Gasteiger partial charge in [0.05, 0.1) is 10.7 Å². The molecule has 0 bridgehead atoms. The summed E-state index contributed by atoms with van der Waals surface area (Å²) in [6.07, 6.45) is 1.83. The summed E-state index contributed by atoms with van der Waals surface area (Å²) in [5.41, 5.74) is 7.93. The molecule has 0 saturated heterocycles. The second-order valence-corrected chi connectivity index (χ2v) is 4.74. The minimum Gasteiger partial charge on any atom is -0.393 e. The zero-order valence-electron chi connectivity index (χ0n) is 10.1. The topological polar surface area (TPSA) is 42.2 Å². The molecule has 0 saturated carbocycles. The van der Waals surface area contributed by atoms with E-state index in [1.54, 1.807) is 0 Å². The number of hydrogen-bond acceptors (Lipinski definition) is 3. The van der Waals surface area contributed by atoms with Crippen LogP contribution in [0.15, 0.2) is 18.3 Å². The van der Waals surface area contributed by atoms with E-state index in [0.29, 0.717) is 4.99 Å².